The smallest absolute Gasteiger partial charge is 0.261 e. The molecule has 0 amide bonds. The lowest BCUT2D eigenvalue weighted by atomic mass is 10.2. The highest BCUT2D eigenvalue weighted by atomic mass is 32.2. The van der Waals surface area contributed by atoms with Crippen molar-refractivity contribution in [2.75, 3.05) is 4.72 Å². The molecule has 0 spiro atoms. The lowest BCUT2D eigenvalue weighted by Crippen LogP contribution is -2.15. The third kappa shape index (κ3) is 3.81. The van der Waals surface area contributed by atoms with Crippen molar-refractivity contribution in [3.05, 3.63) is 54.1 Å². The summed E-state index contributed by atoms with van der Waals surface area (Å²) in [5, 5.41) is 5.02. The molecule has 2 aromatic carbocycles. The van der Waals surface area contributed by atoms with Crippen molar-refractivity contribution in [3.63, 3.8) is 0 Å². The standard InChI is InChI=1S/C13H14N2O4S2/c1-10-4-2-7-13(8-10)21(18,19)15-11-5-3-6-12(9-11)20(14,16)17/h2-9,15H,1H3,(H2,14,16,17). The average molecular weight is 326 g/mol. The van der Waals surface area contributed by atoms with Crippen LogP contribution in [0.5, 0.6) is 0 Å². The van der Waals surface area contributed by atoms with Crippen molar-refractivity contribution >= 4 is 25.7 Å². The Kier molecular flexibility index (Phi) is 4.04. The van der Waals surface area contributed by atoms with E-state index in [1.54, 1.807) is 19.1 Å². The summed E-state index contributed by atoms with van der Waals surface area (Å²) >= 11 is 0. The molecule has 0 saturated carbocycles. The molecule has 21 heavy (non-hydrogen) atoms. The molecule has 112 valence electrons. The predicted octanol–water partition coefficient (Wildman–Crippen LogP) is 1.44. The van der Waals surface area contributed by atoms with Gasteiger partial charge in [0.05, 0.1) is 15.5 Å². The van der Waals surface area contributed by atoms with Crippen LogP contribution >= 0.6 is 0 Å². The highest BCUT2D eigenvalue weighted by Crippen LogP contribution is 2.19. The predicted molar refractivity (Wildman–Crippen MR) is 79.8 cm³/mol. The van der Waals surface area contributed by atoms with E-state index in [2.05, 4.69) is 4.72 Å². The maximum Gasteiger partial charge on any atom is 0.261 e. The number of nitrogens with two attached hydrogens (primary N) is 1. The van der Waals surface area contributed by atoms with Gasteiger partial charge < -0.3 is 0 Å². The van der Waals surface area contributed by atoms with Crippen molar-refractivity contribution < 1.29 is 16.8 Å². The summed E-state index contributed by atoms with van der Waals surface area (Å²) in [7, 11) is -7.67. The van der Waals surface area contributed by atoms with E-state index in [1.807, 2.05) is 0 Å². The molecule has 0 unspecified atom stereocenters. The van der Waals surface area contributed by atoms with Crippen LogP contribution in [-0.2, 0) is 20.0 Å². The van der Waals surface area contributed by atoms with Crippen molar-refractivity contribution in [2.24, 2.45) is 5.14 Å². The van der Waals surface area contributed by atoms with Crippen LogP contribution < -0.4 is 9.86 Å². The zero-order valence-corrected chi connectivity index (χ0v) is 12.8. The molecule has 0 heterocycles. The number of rotatable bonds is 4. The summed E-state index contributed by atoms with van der Waals surface area (Å²) < 4.78 is 49.3. The van der Waals surface area contributed by atoms with E-state index in [9.17, 15) is 16.8 Å². The molecule has 0 atom stereocenters. The summed E-state index contributed by atoms with van der Waals surface area (Å²) in [6, 6.07) is 11.7. The summed E-state index contributed by atoms with van der Waals surface area (Å²) in [5.74, 6) is 0. The minimum Gasteiger partial charge on any atom is -0.280 e. The Morgan fingerprint density at radius 3 is 2.14 bits per heavy atom. The first-order valence-corrected chi connectivity index (χ1v) is 8.94. The van der Waals surface area contributed by atoms with Crippen LogP contribution in [0, 0.1) is 6.92 Å². The molecule has 0 aliphatic carbocycles. The van der Waals surface area contributed by atoms with Gasteiger partial charge in [0.15, 0.2) is 0 Å². The van der Waals surface area contributed by atoms with E-state index in [0.717, 1.165) is 5.56 Å². The first kappa shape index (κ1) is 15.5. The fraction of sp³-hybridized carbons (Fsp3) is 0.0769. The number of nitrogens with one attached hydrogen (secondary N) is 1. The second-order valence-electron chi connectivity index (χ2n) is 4.49. The van der Waals surface area contributed by atoms with Gasteiger partial charge in [-0.2, -0.15) is 0 Å². The van der Waals surface area contributed by atoms with Gasteiger partial charge >= 0.3 is 0 Å². The number of primary sulfonamides is 1. The Bertz CT molecular complexity index is 875. The summed E-state index contributed by atoms with van der Waals surface area (Å²) in [6.45, 7) is 1.78. The van der Waals surface area contributed by atoms with E-state index in [-0.39, 0.29) is 15.5 Å². The van der Waals surface area contributed by atoms with Crippen LogP contribution in [0.25, 0.3) is 0 Å². The topological polar surface area (TPSA) is 106 Å². The molecule has 0 aliphatic rings. The largest absolute Gasteiger partial charge is 0.280 e. The first-order chi connectivity index (χ1) is 9.68. The lowest BCUT2D eigenvalue weighted by molar-refractivity contribution is 0.596. The van der Waals surface area contributed by atoms with Gasteiger partial charge in [-0.1, -0.05) is 18.2 Å². The quantitative estimate of drug-likeness (QED) is 0.886. The van der Waals surface area contributed by atoms with Crippen LogP contribution in [0.15, 0.2) is 58.3 Å². The Morgan fingerprint density at radius 2 is 1.52 bits per heavy atom. The van der Waals surface area contributed by atoms with Gasteiger partial charge in [0.2, 0.25) is 10.0 Å². The van der Waals surface area contributed by atoms with Crippen molar-refractivity contribution in [2.45, 2.75) is 16.7 Å². The zero-order valence-electron chi connectivity index (χ0n) is 11.1. The number of hydrogen-bond acceptors (Lipinski definition) is 4. The van der Waals surface area contributed by atoms with E-state index in [4.69, 9.17) is 5.14 Å². The van der Waals surface area contributed by atoms with Gasteiger partial charge in [0.1, 0.15) is 0 Å². The minimum absolute atomic E-state index is 0.100. The minimum atomic E-state index is -3.89. The molecule has 6 nitrogen and oxygen atoms in total. The molecule has 0 radical (unpaired) electrons. The fourth-order valence-corrected chi connectivity index (χ4v) is 3.45. The average Bonchev–Trinajstić information content (AvgIpc) is 2.37. The molecule has 3 N–H and O–H groups in total. The third-order valence-electron chi connectivity index (χ3n) is 2.71. The Hall–Kier alpha value is -1.90. The number of hydrogen-bond donors (Lipinski definition) is 2. The van der Waals surface area contributed by atoms with Gasteiger partial charge in [0.25, 0.3) is 10.0 Å². The van der Waals surface area contributed by atoms with Gasteiger partial charge in [-0.05, 0) is 42.8 Å². The molecule has 8 heteroatoms. The number of benzene rings is 2. The second kappa shape index (κ2) is 5.47. The molecule has 0 bridgehead atoms. The maximum absolute atomic E-state index is 12.2. The number of sulfonamides is 2. The van der Waals surface area contributed by atoms with Crippen molar-refractivity contribution in [3.8, 4) is 0 Å². The Balaban J connectivity index is 2.38. The lowest BCUT2D eigenvalue weighted by Gasteiger charge is -2.09. The van der Waals surface area contributed by atoms with Gasteiger partial charge in [-0.15, -0.1) is 0 Å². The van der Waals surface area contributed by atoms with E-state index < -0.39 is 20.0 Å². The van der Waals surface area contributed by atoms with Gasteiger partial charge in [-0.25, -0.2) is 22.0 Å². The van der Waals surface area contributed by atoms with Crippen LogP contribution in [0.4, 0.5) is 5.69 Å². The molecular formula is C13H14N2O4S2. The summed E-state index contributed by atoms with van der Waals surface area (Å²) in [4.78, 5) is -0.0598. The highest BCUT2D eigenvalue weighted by Gasteiger charge is 2.15. The monoisotopic (exact) mass is 326 g/mol. The Labute approximate surface area is 123 Å². The molecule has 0 aliphatic heterocycles. The third-order valence-corrected chi connectivity index (χ3v) is 5.00. The van der Waals surface area contributed by atoms with Crippen LogP contribution in [0.2, 0.25) is 0 Å². The zero-order chi connectivity index (χ0) is 15.7. The molecule has 0 saturated heterocycles. The normalized spacial score (nSPS) is 12.1. The summed E-state index contributed by atoms with van der Waals surface area (Å²) in [6.07, 6.45) is 0. The van der Waals surface area contributed by atoms with E-state index in [1.165, 1.54) is 36.4 Å². The molecule has 0 fully saturated rings. The molecule has 2 rings (SSSR count). The van der Waals surface area contributed by atoms with Crippen LogP contribution in [0.3, 0.4) is 0 Å². The fourth-order valence-electron chi connectivity index (χ4n) is 1.73. The highest BCUT2D eigenvalue weighted by molar-refractivity contribution is 7.92. The van der Waals surface area contributed by atoms with Crippen LogP contribution in [-0.4, -0.2) is 16.8 Å². The molecular weight excluding hydrogens is 312 g/mol. The number of anilines is 1. The first-order valence-electron chi connectivity index (χ1n) is 5.91. The summed E-state index contributed by atoms with van der Waals surface area (Å²) in [5.41, 5.74) is 0.930. The molecule has 0 aromatic heterocycles. The molecule has 2 aromatic rings. The Morgan fingerprint density at radius 1 is 0.905 bits per heavy atom. The SMILES string of the molecule is Cc1cccc(S(=O)(=O)Nc2cccc(S(N)(=O)=O)c2)c1. The van der Waals surface area contributed by atoms with Gasteiger partial charge in [0, 0.05) is 0 Å². The van der Waals surface area contributed by atoms with Crippen molar-refractivity contribution in [1.82, 2.24) is 0 Å². The maximum atomic E-state index is 12.2. The van der Waals surface area contributed by atoms with E-state index >= 15 is 0 Å². The second-order valence-corrected chi connectivity index (χ2v) is 7.74. The van der Waals surface area contributed by atoms with Crippen LogP contribution in [0.1, 0.15) is 5.56 Å². The van der Waals surface area contributed by atoms with Crippen molar-refractivity contribution in [1.29, 1.82) is 0 Å². The van der Waals surface area contributed by atoms with Gasteiger partial charge in [-0.3, -0.25) is 4.72 Å². The van der Waals surface area contributed by atoms with E-state index in [0.29, 0.717) is 0 Å². The number of aryl methyl sites for hydroxylation is 1.